The molecule has 7 heteroatoms. The highest BCUT2D eigenvalue weighted by Crippen LogP contribution is 2.32. The molecule has 0 aromatic carbocycles. The predicted octanol–water partition coefficient (Wildman–Crippen LogP) is 2.21. The summed E-state index contributed by atoms with van der Waals surface area (Å²) in [6.45, 7) is 6.43. The van der Waals surface area contributed by atoms with E-state index in [4.69, 9.17) is 5.11 Å². The van der Waals surface area contributed by atoms with Crippen LogP contribution in [0.15, 0.2) is 23.4 Å². The zero-order chi connectivity index (χ0) is 16.1. The molecule has 1 atom stereocenters. The third-order valence-corrected chi connectivity index (χ3v) is 5.05. The van der Waals surface area contributed by atoms with Crippen molar-refractivity contribution >= 4 is 16.0 Å². The number of hydrogen-bond donors (Lipinski definition) is 3. The molecule has 1 unspecified atom stereocenters. The molecule has 0 bridgehead atoms. The Morgan fingerprint density at radius 3 is 2.52 bits per heavy atom. The first kappa shape index (κ1) is 17.7. The summed E-state index contributed by atoms with van der Waals surface area (Å²) in [5.41, 5.74) is -0.0605. The quantitative estimate of drug-likeness (QED) is 0.684. The highest BCUT2D eigenvalue weighted by molar-refractivity contribution is 7.89. The molecule has 0 radical (unpaired) electrons. The number of carbonyl (C=O) groups is 1. The lowest BCUT2D eigenvalue weighted by Crippen LogP contribution is -2.29. The minimum absolute atomic E-state index is 0.0605. The SMILES string of the molecule is CC(C)(C)C(CCNS(=O)(=O)c1cc[nH]c1)CCC(=O)O. The Bertz CT molecular complexity index is 544. The van der Waals surface area contributed by atoms with Gasteiger partial charge in [0.1, 0.15) is 0 Å². The van der Waals surface area contributed by atoms with Crippen molar-refractivity contribution in [1.82, 2.24) is 9.71 Å². The number of sulfonamides is 1. The van der Waals surface area contributed by atoms with Crippen LogP contribution in [-0.4, -0.2) is 31.0 Å². The minimum atomic E-state index is -3.49. The molecule has 0 aliphatic carbocycles. The van der Waals surface area contributed by atoms with E-state index in [1.54, 1.807) is 6.20 Å². The van der Waals surface area contributed by atoms with Crippen LogP contribution in [0.4, 0.5) is 0 Å². The number of hydrogen-bond acceptors (Lipinski definition) is 3. The second-order valence-electron chi connectivity index (χ2n) is 6.23. The van der Waals surface area contributed by atoms with Crippen LogP contribution in [0.5, 0.6) is 0 Å². The molecule has 0 spiro atoms. The van der Waals surface area contributed by atoms with Crippen molar-refractivity contribution in [3.8, 4) is 0 Å². The van der Waals surface area contributed by atoms with Gasteiger partial charge in [0.15, 0.2) is 0 Å². The molecule has 1 rings (SSSR count). The lowest BCUT2D eigenvalue weighted by atomic mass is 9.76. The van der Waals surface area contributed by atoms with Gasteiger partial charge in [-0.3, -0.25) is 4.79 Å². The number of aliphatic carboxylic acids is 1. The number of rotatable bonds is 8. The molecule has 0 aliphatic rings. The van der Waals surface area contributed by atoms with Crippen molar-refractivity contribution in [3.63, 3.8) is 0 Å². The van der Waals surface area contributed by atoms with Crippen molar-refractivity contribution in [2.24, 2.45) is 11.3 Å². The largest absolute Gasteiger partial charge is 0.481 e. The maximum Gasteiger partial charge on any atom is 0.303 e. The Balaban J connectivity index is 2.56. The normalized spacial score (nSPS) is 14.0. The standard InChI is InChI=1S/C14H24N2O4S/c1-14(2,3)11(4-5-13(17)18)6-9-16-21(19,20)12-7-8-15-10-12/h7-8,10-11,15-16H,4-6,9H2,1-3H3,(H,17,18). The van der Waals surface area contributed by atoms with Gasteiger partial charge in [-0.05, 0) is 30.2 Å². The average molecular weight is 316 g/mol. The maximum absolute atomic E-state index is 12.0. The molecule has 0 fully saturated rings. The van der Waals surface area contributed by atoms with Gasteiger partial charge in [-0.25, -0.2) is 13.1 Å². The second kappa shape index (κ2) is 7.09. The van der Waals surface area contributed by atoms with E-state index >= 15 is 0 Å². The van der Waals surface area contributed by atoms with E-state index in [-0.39, 0.29) is 22.6 Å². The third-order valence-electron chi connectivity index (χ3n) is 3.60. The summed E-state index contributed by atoms with van der Waals surface area (Å²) in [6, 6.07) is 1.49. The molecule has 1 aromatic heterocycles. The average Bonchev–Trinajstić information content (AvgIpc) is 2.85. The van der Waals surface area contributed by atoms with Gasteiger partial charge in [0.25, 0.3) is 0 Å². The monoisotopic (exact) mass is 316 g/mol. The molecule has 0 aliphatic heterocycles. The fourth-order valence-electron chi connectivity index (χ4n) is 2.23. The van der Waals surface area contributed by atoms with E-state index in [2.05, 4.69) is 9.71 Å². The number of aromatic amines is 1. The van der Waals surface area contributed by atoms with Gasteiger partial charge >= 0.3 is 5.97 Å². The zero-order valence-electron chi connectivity index (χ0n) is 12.7. The minimum Gasteiger partial charge on any atom is -0.481 e. The predicted molar refractivity (Wildman–Crippen MR) is 80.4 cm³/mol. The zero-order valence-corrected chi connectivity index (χ0v) is 13.5. The van der Waals surface area contributed by atoms with Crippen LogP contribution in [0.2, 0.25) is 0 Å². The number of carboxylic acid groups (broad SMARTS) is 1. The molecule has 21 heavy (non-hydrogen) atoms. The number of nitrogens with one attached hydrogen (secondary N) is 2. The molecular formula is C14H24N2O4S. The Morgan fingerprint density at radius 2 is 2.05 bits per heavy atom. The molecule has 6 nitrogen and oxygen atoms in total. The lowest BCUT2D eigenvalue weighted by molar-refractivity contribution is -0.137. The third kappa shape index (κ3) is 5.89. The van der Waals surface area contributed by atoms with Crippen LogP contribution in [0.3, 0.4) is 0 Å². The lowest BCUT2D eigenvalue weighted by Gasteiger charge is -2.30. The number of H-pyrrole nitrogens is 1. The Hall–Kier alpha value is -1.34. The molecule has 0 saturated heterocycles. The van der Waals surface area contributed by atoms with Gasteiger partial charge in [-0.15, -0.1) is 0 Å². The first-order valence-corrected chi connectivity index (χ1v) is 8.45. The van der Waals surface area contributed by atoms with Crippen molar-refractivity contribution in [2.75, 3.05) is 6.54 Å². The van der Waals surface area contributed by atoms with E-state index in [1.165, 1.54) is 12.3 Å². The topological polar surface area (TPSA) is 99.3 Å². The highest BCUT2D eigenvalue weighted by Gasteiger charge is 2.25. The van der Waals surface area contributed by atoms with Gasteiger partial charge in [0, 0.05) is 25.4 Å². The Kier molecular flexibility index (Phi) is 5.98. The molecule has 1 aromatic rings. The van der Waals surface area contributed by atoms with Crippen molar-refractivity contribution in [3.05, 3.63) is 18.5 Å². The van der Waals surface area contributed by atoms with Crippen LogP contribution >= 0.6 is 0 Å². The molecule has 1 heterocycles. The van der Waals surface area contributed by atoms with E-state index in [0.717, 1.165) is 0 Å². The summed E-state index contributed by atoms with van der Waals surface area (Å²) in [6.07, 6.45) is 4.24. The van der Waals surface area contributed by atoms with Crippen molar-refractivity contribution < 1.29 is 18.3 Å². The summed E-state index contributed by atoms with van der Waals surface area (Å²) in [4.78, 5) is 13.6. The van der Waals surface area contributed by atoms with Crippen LogP contribution < -0.4 is 4.72 Å². The smallest absolute Gasteiger partial charge is 0.303 e. The van der Waals surface area contributed by atoms with Gasteiger partial charge in [-0.1, -0.05) is 20.8 Å². The number of aromatic nitrogens is 1. The fourth-order valence-corrected chi connectivity index (χ4v) is 3.26. The maximum atomic E-state index is 12.0. The summed E-state index contributed by atoms with van der Waals surface area (Å²) in [5, 5.41) is 8.79. The fraction of sp³-hybridized carbons (Fsp3) is 0.643. The summed E-state index contributed by atoms with van der Waals surface area (Å²) >= 11 is 0. The van der Waals surface area contributed by atoms with Crippen LogP contribution in [0.1, 0.15) is 40.0 Å². The van der Waals surface area contributed by atoms with Gasteiger partial charge in [-0.2, -0.15) is 0 Å². The Morgan fingerprint density at radius 1 is 1.38 bits per heavy atom. The Labute approximate surface area is 126 Å². The second-order valence-corrected chi connectivity index (χ2v) is 8.00. The number of carboxylic acids is 1. The van der Waals surface area contributed by atoms with Crippen LogP contribution in [-0.2, 0) is 14.8 Å². The van der Waals surface area contributed by atoms with Gasteiger partial charge in [0.05, 0.1) is 4.90 Å². The molecule has 0 amide bonds. The van der Waals surface area contributed by atoms with E-state index in [9.17, 15) is 13.2 Å². The first-order chi connectivity index (χ1) is 9.63. The molecule has 120 valence electrons. The van der Waals surface area contributed by atoms with Crippen molar-refractivity contribution in [2.45, 2.75) is 44.9 Å². The molecule has 0 saturated carbocycles. The van der Waals surface area contributed by atoms with Gasteiger partial charge in [0.2, 0.25) is 10.0 Å². The van der Waals surface area contributed by atoms with Crippen LogP contribution in [0.25, 0.3) is 0 Å². The van der Waals surface area contributed by atoms with E-state index < -0.39 is 16.0 Å². The van der Waals surface area contributed by atoms with E-state index in [0.29, 0.717) is 19.4 Å². The van der Waals surface area contributed by atoms with E-state index in [1.807, 2.05) is 20.8 Å². The highest BCUT2D eigenvalue weighted by atomic mass is 32.2. The summed E-state index contributed by atoms with van der Waals surface area (Å²) in [7, 11) is -3.49. The first-order valence-electron chi connectivity index (χ1n) is 6.97. The summed E-state index contributed by atoms with van der Waals surface area (Å²) in [5.74, 6) is -0.681. The molecule has 3 N–H and O–H groups in total. The molecular weight excluding hydrogens is 292 g/mol. The van der Waals surface area contributed by atoms with Crippen LogP contribution in [0, 0.1) is 11.3 Å². The van der Waals surface area contributed by atoms with Crippen molar-refractivity contribution in [1.29, 1.82) is 0 Å². The summed E-state index contributed by atoms with van der Waals surface area (Å²) < 4.78 is 26.5. The van der Waals surface area contributed by atoms with Gasteiger partial charge < -0.3 is 10.1 Å².